The molecule has 138 valence electrons. The molecule has 0 heterocycles. The van der Waals surface area contributed by atoms with Gasteiger partial charge in [0.1, 0.15) is 5.75 Å². The number of halogens is 1. The van der Waals surface area contributed by atoms with E-state index >= 15 is 0 Å². The fourth-order valence-corrected chi connectivity index (χ4v) is 3.62. The molecule has 0 spiro atoms. The Kier molecular flexibility index (Phi) is 4.86. The van der Waals surface area contributed by atoms with Crippen LogP contribution in [0.5, 0.6) is 5.75 Å². The molecule has 0 saturated heterocycles. The Hall–Kier alpha value is -2.25. The van der Waals surface area contributed by atoms with Gasteiger partial charge >= 0.3 is 0 Å². The first kappa shape index (κ1) is 18.5. The molecule has 0 aliphatic heterocycles. The van der Waals surface area contributed by atoms with E-state index in [1.165, 1.54) is 7.11 Å². The normalized spacial score (nSPS) is 15.2. The Morgan fingerprint density at radius 3 is 2.50 bits per heavy atom. The minimum Gasteiger partial charge on any atom is -0.494 e. The Bertz CT molecular complexity index is 955. The van der Waals surface area contributed by atoms with E-state index in [-0.39, 0.29) is 5.91 Å². The number of anilines is 2. The van der Waals surface area contributed by atoms with E-state index in [2.05, 4.69) is 10.0 Å². The molecule has 0 bridgehead atoms. The lowest BCUT2D eigenvalue weighted by molar-refractivity contribution is -0.118. The van der Waals surface area contributed by atoms with Gasteiger partial charge in [-0.05, 0) is 42.7 Å². The zero-order valence-corrected chi connectivity index (χ0v) is 15.9. The molecule has 1 amide bonds. The lowest BCUT2D eigenvalue weighted by Gasteiger charge is -2.17. The number of amides is 1. The second-order valence-electron chi connectivity index (χ2n) is 6.34. The predicted molar refractivity (Wildman–Crippen MR) is 102 cm³/mol. The summed E-state index contributed by atoms with van der Waals surface area (Å²) in [4.78, 5) is 12.8. The zero-order chi connectivity index (χ0) is 18.9. The van der Waals surface area contributed by atoms with Crippen LogP contribution in [0.2, 0.25) is 5.02 Å². The number of hydrogen-bond acceptors (Lipinski definition) is 4. The van der Waals surface area contributed by atoms with Gasteiger partial charge in [0.05, 0.1) is 24.5 Å². The lowest BCUT2D eigenvalue weighted by atomic mass is 9.95. The molecular formula is C18H19ClN2O4S. The molecule has 0 aromatic heterocycles. The molecule has 0 unspecified atom stereocenters. The third kappa shape index (κ3) is 3.94. The minimum atomic E-state index is -3.43. The largest absolute Gasteiger partial charge is 0.494 e. The number of ether oxygens (including phenoxy) is 1. The number of nitrogens with one attached hydrogen (secondary N) is 2. The van der Waals surface area contributed by atoms with E-state index in [0.717, 1.165) is 24.7 Å². The molecular weight excluding hydrogens is 376 g/mol. The highest BCUT2D eigenvalue weighted by Crippen LogP contribution is 2.49. The molecule has 1 fully saturated rings. The monoisotopic (exact) mass is 394 g/mol. The SMILES string of the molecule is COc1cc(NC(=O)C2(c3cccc(Cl)c3)CC2)ccc1NS(C)(=O)=O. The van der Waals surface area contributed by atoms with Gasteiger partial charge in [0.15, 0.2) is 0 Å². The van der Waals surface area contributed by atoms with E-state index in [0.29, 0.717) is 22.1 Å². The fraction of sp³-hybridized carbons (Fsp3) is 0.278. The molecule has 0 radical (unpaired) electrons. The number of carbonyl (C=O) groups excluding carboxylic acids is 1. The zero-order valence-electron chi connectivity index (χ0n) is 14.4. The number of benzene rings is 2. The van der Waals surface area contributed by atoms with E-state index in [9.17, 15) is 13.2 Å². The molecule has 0 atom stereocenters. The van der Waals surface area contributed by atoms with Gasteiger partial charge in [-0.3, -0.25) is 9.52 Å². The molecule has 2 aromatic carbocycles. The van der Waals surface area contributed by atoms with Crippen LogP contribution in [0.1, 0.15) is 18.4 Å². The molecule has 1 aliphatic rings. The molecule has 2 aromatic rings. The number of rotatable bonds is 6. The predicted octanol–water partition coefficient (Wildman–Crippen LogP) is 3.39. The van der Waals surface area contributed by atoms with E-state index < -0.39 is 15.4 Å². The number of methoxy groups -OCH3 is 1. The third-order valence-corrected chi connectivity index (χ3v) is 5.14. The van der Waals surface area contributed by atoms with E-state index in [1.54, 1.807) is 24.3 Å². The number of sulfonamides is 1. The van der Waals surface area contributed by atoms with Crippen LogP contribution in [0, 0.1) is 0 Å². The van der Waals surface area contributed by atoms with Crippen LogP contribution < -0.4 is 14.8 Å². The van der Waals surface area contributed by atoms with Crippen LogP contribution >= 0.6 is 11.6 Å². The minimum absolute atomic E-state index is 0.120. The molecule has 1 saturated carbocycles. The van der Waals surface area contributed by atoms with Crippen molar-refractivity contribution < 1.29 is 17.9 Å². The van der Waals surface area contributed by atoms with Crippen molar-refractivity contribution in [2.45, 2.75) is 18.3 Å². The molecule has 3 rings (SSSR count). The first-order valence-electron chi connectivity index (χ1n) is 7.97. The van der Waals surface area contributed by atoms with Crippen LogP contribution in [0.25, 0.3) is 0 Å². The van der Waals surface area contributed by atoms with Crippen LogP contribution in [0.4, 0.5) is 11.4 Å². The standard InChI is InChI=1S/C18H19ClN2O4S/c1-25-16-11-14(6-7-15(16)21-26(2,23)24)20-17(22)18(8-9-18)12-4-3-5-13(19)10-12/h3-7,10-11,21H,8-9H2,1-2H3,(H,20,22). The highest BCUT2D eigenvalue weighted by atomic mass is 35.5. The van der Waals surface area contributed by atoms with Crippen molar-refractivity contribution in [1.29, 1.82) is 0 Å². The van der Waals surface area contributed by atoms with Crippen LogP contribution in [0.3, 0.4) is 0 Å². The van der Waals surface area contributed by atoms with Gasteiger partial charge in [-0.2, -0.15) is 0 Å². The highest BCUT2D eigenvalue weighted by molar-refractivity contribution is 7.92. The second kappa shape index (κ2) is 6.81. The lowest BCUT2D eigenvalue weighted by Crippen LogP contribution is -2.27. The van der Waals surface area contributed by atoms with Crippen LogP contribution in [-0.2, 0) is 20.2 Å². The summed E-state index contributed by atoms with van der Waals surface area (Å²) in [6.07, 6.45) is 2.57. The summed E-state index contributed by atoms with van der Waals surface area (Å²) in [5.41, 5.74) is 1.16. The van der Waals surface area contributed by atoms with Gasteiger partial charge < -0.3 is 10.1 Å². The van der Waals surface area contributed by atoms with Gasteiger partial charge in [0, 0.05) is 16.8 Å². The summed E-state index contributed by atoms with van der Waals surface area (Å²) in [6, 6.07) is 12.1. The summed E-state index contributed by atoms with van der Waals surface area (Å²) >= 11 is 6.05. The molecule has 2 N–H and O–H groups in total. The quantitative estimate of drug-likeness (QED) is 0.786. The maximum Gasteiger partial charge on any atom is 0.235 e. The van der Waals surface area contributed by atoms with Gasteiger partial charge in [0.25, 0.3) is 0 Å². The van der Waals surface area contributed by atoms with Gasteiger partial charge in [-0.25, -0.2) is 8.42 Å². The first-order chi connectivity index (χ1) is 12.2. The Balaban J connectivity index is 1.82. The van der Waals surface area contributed by atoms with Crippen molar-refractivity contribution in [3.8, 4) is 5.75 Å². The van der Waals surface area contributed by atoms with Crippen molar-refractivity contribution in [2.24, 2.45) is 0 Å². The maximum atomic E-state index is 12.8. The Morgan fingerprint density at radius 1 is 1.19 bits per heavy atom. The van der Waals surface area contributed by atoms with Gasteiger partial charge in [0.2, 0.25) is 15.9 Å². The van der Waals surface area contributed by atoms with Crippen LogP contribution in [0.15, 0.2) is 42.5 Å². The molecule has 8 heteroatoms. The molecule has 6 nitrogen and oxygen atoms in total. The third-order valence-electron chi connectivity index (χ3n) is 4.32. The van der Waals surface area contributed by atoms with Crippen molar-refractivity contribution in [1.82, 2.24) is 0 Å². The average molecular weight is 395 g/mol. The molecule has 1 aliphatic carbocycles. The highest BCUT2D eigenvalue weighted by Gasteiger charge is 2.51. The first-order valence-corrected chi connectivity index (χ1v) is 10.2. The number of hydrogen-bond donors (Lipinski definition) is 2. The van der Waals surface area contributed by atoms with Gasteiger partial charge in [-0.15, -0.1) is 0 Å². The van der Waals surface area contributed by atoms with Crippen molar-refractivity contribution >= 4 is 38.9 Å². The van der Waals surface area contributed by atoms with Crippen molar-refractivity contribution in [3.05, 3.63) is 53.1 Å². The fourth-order valence-electron chi connectivity index (χ4n) is 2.86. The summed E-state index contributed by atoms with van der Waals surface area (Å²) in [5, 5.41) is 3.48. The smallest absolute Gasteiger partial charge is 0.235 e. The summed E-state index contributed by atoms with van der Waals surface area (Å²) < 4.78 is 30.4. The number of carbonyl (C=O) groups is 1. The maximum absolute atomic E-state index is 12.8. The topological polar surface area (TPSA) is 84.5 Å². The Labute approximate surface area is 157 Å². The summed E-state index contributed by atoms with van der Waals surface area (Å²) in [7, 11) is -2.00. The average Bonchev–Trinajstić information content (AvgIpc) is 3.37. The summed E-state index contributed by atoms with van der Waals surface area (Å²) in [6.45, 7) is 0. The van der Waals surface area contributed by atoms with Gasteiger partial charge in [-0.1, -0.05) is 23.7 Å². The molecule has 26 heavy (non-hydrogen) atoms. The van der Waals surface area contributed by atoms with Crippen molar-refractivity contribution in [3.63, 3.8) is 0 Å². The Morgan fingerprint density at radius 2 is 1.92 bits per heavy atom. The van der Waals surface area contributed by atoms with E-state index in [4.69, 9.17) is 16.3 Å². The van der Waals surface area contributed by atoms with E-state index in [1.807, 2.05) is 18.2 Å². The summed E-state index contributed by atoms with van der Waals surface area (Å²) in [5.74, 6) is 0.200. The second-order valence-corrected chi connectivity index (χ2v) is 8.52. The van der Waals surface area contributed by atoms with Crippen LogP contribution in [-0.4, -0.2) is 27.7 Å². The van der Waals surface area contributed by atoms with Crippen molar-refractivity contribution in [2.75, 3.05) is 23.4 Å².